The largest absolute Gasteiger partial charge is 0.497 e. The second kappa shape index (κ2) is 13.9. The summed E-state index contributed by atoms with van der Waals surface area (Å²) in [7, 11) is 1.60. The summed E-state index contributed by atoms with van der Waals surface area (Å²) >= 11 is 1.68. The van der Waals surface area contributed by atoms with E-state index in [1.54, 1.807) is 39.6 Å². The van der Waals surface area contributed by atoms with Gasteiger partial charge < -0.3 is 19.5 Å². The fourth-order valence-electron chi connectivity index (χ4n) is 4.70. The monoisotopic (exact) mass is 534 g/mol. The molecule has 8 nitrogen and oxygen atoms in total. The number of carbonyl (C=O) groups is 3. The van der Waals surface area contributed by atoms with Crippen LogP contribution < -0.4 is 10.1 Å². The Kier molecular flexibility index (Phi) is 11.0. The van der Waals surface area contributed by atoms with Gasteiger partial charge in [0.05, 0.1) is 7.11 Å². The molecule has 0 bridgehead atoms. The van der Waals surface area contributed by atoms with Gasteiger partial charge in [-0.1, -0.05) is 31.4 Å². The fourth-order valence-corrected chi connectivity index (χ4v) is 5.96. The molecule has 1 aromatic carbocycles. The molecule has 1 heterocycles. The number of rotatable bonds is 10. The minimum Gasteiger partial charge on any atom is -0.497 e. The summed E-state index contributed by atoms with van der Waals surface area (Å²) in [6.07, 6.45) is 7.00. The lowest BCUT2D eigenvalue weighted by Crippen LogP contribution is -2.52. The number of esters is 1. The summed E-state index contributed by atoms with van der Waals surface area (Å²) in [5, 5.41) is 2.89. The van der Waals surface area contributed by atoms with Gasteiger partial charge in [0.2, 0.25) is 5.91 Å². The van der Waals surface area contributed by atoms with Crippen molar-refractivity contribution in [2.45, 2.75) is 90.0 Å². The van der Waals surface area contributed by atoms with Gasteiger partial charge >= 0.3 is 12.1 Å². The maximum atomic E-state index is 13.3. The van der Waals surface area contributed by atoms with Crippen LogP contribution in [0.4, 0.5) is 4.79 Å². The first-order valence-electron chi connectivity index (χ1n) is 13.3. The molecular formula is C28H42N2O6S. The van der Waals surface area contributed by atoms with Gasteiger partial charge in [0, 0.05) is 12.3 Å². The molecule has 0 aromatic heterocycles. The van der Waals surface area contributed by atoms with E-state index in [9.17, 15) is 14.4 Å². The Balaban J connectivity index is 1.61. The highest BCUT2D eigenvalue weighted by Crippen LogP contribution is 2.27. The average molecular weight is 535 g/mol. The Morgan fingerprint density at radius 2 is 1.76 bits per heavy atom. The molecule has 1 saturated carbocycles. The van der Waals surface area contributed by atoms with Crippen molar-refractivity contribution in [3.05, 3.63) is 29.8 Å². The topological polar surface area (TPSA) is 94.2 Å². The number of thioether (sulfide) groups is 1. The summed E-state index contributed by atoms with van der Waals surface area (Å²) < 4.78 is 16.3. The first-order chi connectivity index (χ1) is 17.7. The molecule has 1 aliphatic heterocycles. The smallest absolute Gasteiger partial charge is 0.410 e. The number of nitrogens with zero attached hydrogens (tertiary/aromatic N) is 1. The van der Waals surface area contributed by atoms with Crippen LogP contribution in [-0.4, -0.2) is 65.7 Å². The molecule has 206 valence electrons. The van der Waals surface area contributed by atoms with E-state index < -0.39 is 29.7 Å². The van der Waals surface area contributed by atoms with Gasteiger partial charge in [0.1, 0.15) is 30.0 Å². The van der Waals surface area contributed by atoms with E-state index in [0.29, 0.717) is 31.1 Å². The maximum absolute atomic E-state index is 13.3. The molecule has 1 saturated heterocycles. The second-order valence-electron chi connectivity index (χ2n) is 10.9. The van der Waals surface area contributed by atoms with Crippen molar-refractivity contribution in [2.24, 2.45) is 5.92 Å². The van der Waals surface area contributed by atoms with E-state index in [1.165, 1.54) is 37.0 Å². The van der Waals surface area contributed by atoms with E-state index in [4.69, 9.17) is 14.2 Å². The van der Waals surface area contributed by atoms with Crippen LogP contribution in [0.15, 0.2) is 24.3 Å². The third-order valence-corrected chi connectivity index (χ3v) is 7.96. The summed E-state index contributed by atoms with van der Waals surface area (Å²) in [5.41, 5.74) is 0.186. The Labute approximate surface area is 225 Å². The lowest BCUT2D eigenvalue weighted by molar-refractivity contribution is -0.148. The highest BCUT2D eigenvalue weighted by atomic mass is 32.2. The zero-order chi connectivity index (χ0) is 26.8. The first kappa shape index (κ1) is 29.1. The molecule has 1 aliphatic carbocycles. The molecular weight excluding hydrogens is 492 g/mol. The first-order valence-corrected chi connectivity index (χ1v) is 14.5. The number of carbonyl (C=O) groups excluding carboxylic acids is 3. The van der Waals surface area contributed by atoms with E-state index in [0.717, 1.165) is 17.1 Å². The third kappa shape index (κ3) is 9.43. The van der Waals surface area contributed by atoms with Crippen molar-refractivity contribution in [2.75, 3.05) is 25.2 Å². The molecule has 1 aromatic rings. The minimum absolute atomic E-state index is 0.107. The Morgan fingerprint density at radius 1 is 1.05 bits per heavy atom. The second-order valence-corrected chi connectivity index (χ2v) is 12.0. The van der Waals surface area contributed by atoms with Crippen LogP contribution in [0.3, 0.4) is 0 Å². The molecule has 0 radical (unpaired) electrons. The Morgan fingerprint density at radius 3 is 2.41 bits per heavy atom. The van der Waals surface area contributed by atoms with Gasteiger partial charge in [-0.05, 0) is 75.8 Å². The van der Waals surface area contributed by atoms with Gasteiger partial charge in [0.25, 0.3) is 0 Å². The van der Waals surface area contributed by atoms with Gasteiger partial charge in [-0.15, -0.1) is 0 Å². The lowest BCUT2D eigenvalue weighted by Gasteiger charge is -2.29. The molecule has 3 rings (SSSR count). The number of ether oxygens (including phenoxy) is 3. The standard InChI is InChI=1S/C28H42N2O6S/c1-28(2,3)36-27(33)30-16-8-11-24(30)25(31)29-23(19-37-18-21-9-6-5-7-10-21)26(32)35-17-20-12-14-22(34-4)15-13-20/h12-15,21,23-24H,5-11,16-19H2,1-4H3,(H,29,31)/t23-,24-/m0/s1. The van der Waals surface area contributed by atoms with Crippen molar-refractivity contribution in [3.63, 3.8) is 0 Å². The van der Waals surface area contributed by atoms with E-state index in [1.807, 2.05) is 24.3 Å². The number of hydrogen-bond acceptors (Lipinski definition) is 7. The molecule has 1 N–H and O–H groups in total. The summed E-state index contributed by atoms with van der Waals surface area (Å²) in [4.78, 5) is 40.5. The average Bonchev–Trinajstić information content (AvgIpc) is 3.37. The van der Waals surface area contributed by atoms with Gasteiger partial charge in [0.15, 0.2) is 0 Å². The number of amides is 2. The molecule has 0 spiro atoms. The van der Waals surface area contributed by atoms with Crippen LogP contribution in [0.25, 0.3) is 0 Å². The van der Waals surface area contributed by atoms with E-state index >= 15 is 0 Å². The van der Waals surface area contributed by atoms with Crippen LogP contribution in [-0.2, 0) is 25.7 Å². The Hall–Kier alpha value is -2.42. The zero-order valence-corrected chi connectivity index (χ0v) is 23.4. The number of benzene rings is 1. The maximum Gasteiger partial charge on any atom is 0.410 e. The molecule has 2 aliphatic rings. The number of nitrogens with one attached hydrogen (secondary N) is 1. The van der Waals surface area contributed by atoms with Crippen LogP contribution in [0.5, 0.6) is 5.75 Å². The van der Waals surface area contributed by atoms with Crippen molar-refractivity contribution in [1.82, 2.24) is 10.2 Å². The van der Waals surface area contributed by atoms with Gasteiger partial charge in [-0.3, -0.25) is 9.69 Å². The van der Waals surface area contributed by atoms with Crippen LogP contribution in [0, 0.1) is 5.92 Å². The summed E-state index contributed by atoms with van der Waals surface area (Å²) in [6.45, 7) is 5.96. The minimum atomic E-state index is -0.791. The Bertz CT molecular complexity index is 895. The highest BCUT2D eigenvalue weighted by Gasteiger charge is 2.38. The third-order valence-electron chi connectivity index (χ3n) is 6.69. The van der Waals surface area contributed by atoms with Gasteiger partial charge in [-0.2, -0.15) is 11.8 Å². The van der Waals surface area contributed by atoms with E-state index in [-0.39, 0.29) is 12.5 Å². The predicted molar refractivity (Wildman–Crippen MR) is 145 cm³/mol. The van der Waals surface area contributed by atoms with E-state index in [2.05, 4.69) is 5.32 Å². The number of likely N-dealkylation sites (tertiary alicyclic amines) is 1. The zero-order valence-electron chi connectivity index (χ0n) is 22.6. The fraction of sp³-hybridized carbons (Fsp3) is 0.679. The molecule has 0 unspecified atom stereocenters. The normalized spacial score (nSPS) is 19.2. The predicted octanol–water partition coefficient (Wildman–Crippen LogP) is 4.94. The van der Waals surface area contributed by atoms with Crippen molar-refractivity contribution in [3.8, 4) is 5.75 Å². The number of methoxy groups -OCH3 is 1. The highest BCUT2D eigenvalue weighted by molar-refractivity contribution is 7.99. The lowest BCUT2D eigenvalue weighted by atomic mass is 9.91. The van der Waals surface area contributed by atoms with Crippen LogP contribution in [0.1, 0.15) is 71.3 Å². The number of hydrogen-bond donors (Lipinski definition) is 1. The van der Waals surface area contributed by atoms with Crippen molar-refractivity contribution in [1.29, 1.82) is 0 Å². The quantitative estimate of drug-likeness (QED) is 0.425. The van der Waals surface area contributed by atoms with Gasteiger partial charge in [-0.25, -0.2) is 9.59 Å². The molecule has 2 amide bonds. The SMILES string of the molecule is COc1ccc(COC(=O)[C@H](CSCC2CCCCC2)NC(=O)[C@@H]2CCCN2C(=O)OC(C)(C)C)cc1. The summed E-state index contributed by atoms with van der Waals surface area (Å²) in [6, 6.07) is 5.86. The van der Waals surface area contributed by atoms with Crippen molar-refractivity contribution < 1.29 is 28.6 Å². The van der Waals surface area contributed by atoms with Crippen LogP contribution in [0.2, 0.25) is 0 Å². The molecule has 2 atom stereocenters. The van der Waals surface area contributed by atoms with Crippen LogP contribution >= 0.6 is 11.8 Å². The van der Waals surface area contributed by atoms with Crippen molar-refractivity contribution >= 4 is 29.7 Å². The molecule has 9 heteroatoms. The molecule has 37 heavy (non-hydrogen) atoms. The molecule has 2 fully saturated rings. The summed E-state index contributed by atoms with van der Waals surface area (Å²) in [5.74, 6) is 1.97.